The average Bonchev–Trinajstić information content (AvgIpc) is 2.34. The lowest BCUT2D eigenvalue weighted by Crippen LogP contribution is -2.57. The second-order valence-corrected chi connectivity index (χ2v) is 7.36. The Morgan fingerprint density at radius 2 is 2.10 bits per heavy atom. The molecule has 2 unspecified atom stereocenters. The molecule has 0 bridgehead atoms. The summed E-state index contributed by atoms with van der Waals surface area (Å²) in [6.07, 6.45) is 7.05. The van der Waals surface area contributed by atoms with Crippen molar-refractivity contribution in [1.29, 1.82) is 0 Å². The molecule has 3 heteroatoms. The summed E-state index contributed by atoms with van der Waals surface area (Å²) in [6, 6.07) is 0. The van der Waals surface area contributed by atoms with Crippen LogP contribution in [0.15, 0.2) is 12.2 Å². The van der Waals surface area contributed by atoms with E-state index in [1.165, 1.54) is 0 Å². The minimum atomic E-state index is -0.230. The van der Waals surface area contributed by atoms with Crippen molar-refractivity contribution in [3.8, 4) is 0 Å². The maximum Gasteiger partial charge on any atom is 0.330 e. The quantitative estimate of drug-likeness (QED) is 0.637. The molecule has 0 amide bonds. The summed E-state index contributed by atoms with van der Waals surface area (Å²) in [7, 11) is 0. The van der Waals surface area contributed by atoms with E-state index in [1.54, 1.807) is 11.4 Å². The molecular weight excluding hydrogens is 250 g/mol. The first-order valence-corrected chi connectivity index (χ1v) is 7.87. The lowest BCUT2D eigenvalue weighted by atomic mass is 9.44. The molecule has 3 nitrogen and oxygen atoms in total. The fraction of sp³-hybridized carbons (Fsp3) is 0.824. The molecule has 20 heavy (non-hydrogen) atoms. The number of esters is 1. The van der Waals surface area contributed by atoms with Gasteiger partial charge in [0.05, 0.1) is 6.61 Å². The Kier molecular flexibility index (Phi) is 4.16. The zero-order chi connectivity index (χ0) is 15.7. The van der Waals surface area contributed by atoms with E-state index >= 15 is 0 Å². The molecule has 1 N–H and O–H groups in total. The van der Waals surface area contributed by atoms with Crippen LogP contribution in [0.5, 0.6) is 0 Å². The zero-order valence-electron chi connectivity index (χ0n) is 14.3. The number of carbonyl (C=O) groups is 1. The van der Waals surface area contributed by atoms with Gasteiger partial charge in [0.15, 0.2) is 0 Å². The van der Waals surface area contributed by atoms with Gasteiger partial charge in [0.1, 0.15) is 1.41 Å². The topological polar surface area (TPSA) is 38.3 Å². The molecule has 1 aliphatic heterocycles. The summed E-state index contributed by atoms with van der Waals surface area (Å²) in [5.74, 6) is 0.822. The smallest absolute Gasteiger partial charge is 0.330 e. The summed E-state index contributed by atoms with van der Waals surface area (Å²) in [4.78, 5) is 11.5. The number of hydrogen-bond acceptors (Lipinski definition) is 3. The minimum Gasteiger partial charge on any atom is -0.463 e. The fourth-order valence-electron chi connectivity index (χ4n) is 4.50. The molecule has 1 saturated carbocycles. The van der Waals surface area contributed by atoms with Crippen LogP contribution in [0.3, 0.4) is 0 Å². The van der Waals surface area contributed by atoms with Crippen LogP contribution in [0.25, 0.3) is 0 Å². The third-order valence-corrected chi connectivity index (χ3v) is 4.96. The van der Waals surface area contributed by atoms with Gasteiger partial charge in [0.2, 0.25) is 0 Å². The molecular formula is C17H29NO2. The van der Waals surface area contributed by atoms with E-state index in [0.29, 0.717) is 23.9 Å². The van der Waals surface area contributed by atoms with E-state index in [-0.39, 0.29) is 11.4 Å². The third kappa shape index (κ3) is 3.08. The highest BCUT2D eigenvalue weighted by molar-refractivity contribution is 5.81. The van der Waals surface area contributed by atoms with Crippen LogP contribution >= 0.6 is 0 Å². The van der Waals surface area contributed by atoms with Gasteiger partial charge in [0.25, 0.3) is 0 Å². The molecule has 2 fully saturated rings. The van der Waals surface area contributed by atoms with Crippen LogP contribution in [-0.4, -0.2) is 25.7 Å². The molecule has 2 rings (SSSR count). The van der Waals surface area contributed by atoms with Gasteiger partial charge in [0, 0.05) is 6.08 Å². The largest absolute Gasteiger partial charge is 0.463 e. The van der Waals surface area contributed by atoms with Crippen molar-refractivity contribution in [2.24, 2.45) is 22.7 Å². The predicted molar refractivity (Wildman–Crippen MR) is 81.4 cm³/mol. The Bertz CT molecular complexity index is 406. The number of hydrogen-bond donors (Lipinski definition) is 1. The highest BCUT2D eigenvalue weighted by atomic mass is 16.5. The second kappa shape index (κ2) is 5.88. The summed E-state index contributed by atoms with van der Waals surface area (Å²) in [5, 5.41) is 1.69. The molecule has 0 aromatic heterocycles. The van der Waals surface area contributed by atoms with Gasteiger partial charge >= 0.3 is 5.97 Å². The SMILES string of the molecule is [2H]N1CCC2(CC1)CC(/C=C/C(=O)OCC)C2C(C)(C)C. The summed E-state index contributed by atoms with van der Waals surface area (Å²) < 4.78 is 12.7. The van der Waals surface area contributed by atoms with Gasteiger partial charge in [-0.3, -0.25) is 0 Å². The molecule has 114 valence electrons. The monoisotopic (exact) mass is 280 g/mol. The maximum absolute atomic E-state index is 11.5. The number of rotatable bonds is 3. The molecule has 0 aromatic rings. The number of allylic oxidation sites excluding steroid dienone is 1. The van der Waals surface area contributed by atoms with Crippen molar-refractivity contribution in [2.75, 3.05) is 19.7 Å². The lowest BCUT2D eigenvalue weighted by Gasteiger charge is -2.61. The van der Waals surface area contributed by atoms with Crippen LogP contribution < -0.4 is 5.31 Å². The minimum absolute atomic E-state index is 0.228. The molecule has 1 saturated heterocycles. The molecule has 2 atom stereocenters. The zero-order valence-corrected chi connectivity index (χ0v) is 13.3. The van der Waals surface area contributed by atoms with Crippen LogP contribution in [0.2, 0.25) is 1.41 Å². The van der Waals surface area contributed by atoms with Crippen LogP contribution in [-0.2, 0) is 9.53 Å². The van der Waals surface area contributed by atoms with Crippen LogP contribution in [0.1, 0.15) is 47.0 Å². The summed E-state index contributed by atoms with van der Waals surface area (Å²) >= 11 is 0. The predicted octanol–water partition coefficient (Wildman–Crippen LogP) is 3.16. The molecule has 0 radical (unpaired) electrons. The lowest BCUT2D eigenvalue weighted by molar-refractivity contribution is -0.137. The van der Waals surface area contributed by atoms with Crippen molar-refractivity contribution < 1.29 is 10.9 Å². The van der Waals surface area contributed by atoms with Crippen molar-refractivity contribution in [3.63, 3.8) is 0 Å². The van der Waals surface area contributed by atoms with E-state index in [4.69, 9.17) is 6.15 Å². The standard InChI is InChI=1S/C17H29NO2/c1-5-20-14(19)7-6-13-12-17(8-10-18-11-9-17)15(13)16(2,3)4/h6-7,13,15,18H,5,8-12H2,1-4H3/b7-6+/i/hD. The van der Waals surface area contributed by atoms with Gasteiger partial charge in [-0.15, -0.1) is 0 Å². The fourth-order valence-corrected chi connectivity index (χ4v) is 4.50. The Morgan fingerprint density at radius 3 is 2.65 bits per heavy atom. The van der Waals surface area contributed by atoms with Gasteiger partial charge in [-0.25, -0.2) is 4.79 Å². The second-order valence-electron chi connectivity index (χ2n) is 7.36. The highest BCUT2D eigenvalue weighted by Gasteiger charge is 2.56. The Hall–Kier alpha value is -0.830. The van der Waals surface area contributed by atoms with Crippen LogP contribution in [0.4, 0.5) is 0 Å². The van der Waals surface area contributed by atoms with E-state index in [9.17, 15) is 4.79 Å². The van der Waals surface area contributed by atoms with Gasteiger partial charge < -0.3 is 10.0 Å². The molecule has 0 aromatic carbocycles. The van der Waals surface area contributed by atoms with Crippen molar-refractivity contribution in [2.45, 2.75) is 47.0 Å². The summed E-state index contributed by atoms with van der Waals surface area (Å²) in [5.41, 5.74) is 0.603. The Morgan fingerprint density at radius 1 is 1.45 bits per heavy atom. The van der Waals surface area contributed by atoms with Gasteiger partial charge in [-0.2, -0.15) is 0 Å². The highest BCUT2D eigenvalue weighted by Crippen LogP contribution is 2.62. The average molecular weight is 280 g/mol. The van der Waals surface area contributed by atoms with Crippen molar-refractivity contribution in [1.82, 2.24) is 5.31 Å². The first kappa shape index (κ1) is 14.1. The maximum atomic E-state index is 11.5. The number of nitrogens with one attached hydrogen (secondary N) is 1. The Balaban J connectivity index is 2.06. The molecule has 2 aliphatic rings. The molecule has 1 aliphatic carbocycles. The van der Waals surface area contributed by atoms with Crippen LogP contribution in [0, 0.1) is 22.7 Å². The van der Waals surface area contributed by atoms with E-state index < -0.39 is 0 Å². The van der Waals surface area contributed by atoms with E-state index in [2.05, 4.69) is 26.8 Å². The van der Waals surface area contributed by atoms with E-state index in [1.807, 2.05) is 6.92 Å². The van der Waals surface area contributed by atoms with E-state index in [0.717, 1.165) is 32.4 Å². The van der Waals surface area contributed by atoms with Crippen molar-refractivity contribution >= 4 is 5.97 Å². The summed E-state index contributed by atoms with van der Waals surface area (Å²) in [6.45, 7) is 10.9. The number of ether oxygens (including phenoxy) is 1. The Labute approximate surface area is 124 Å². The molecule has 1 spiro atoms. The third-order valence-electron chi connectivity index (χ3n) is 4.96. The normalized spacial score (nSPS) is 31.1. The van der Waals surface area contributed by atoms with Gasteiger partial charge in [-0.1, -0.05) is 26.8 Å². The number of piperidine rings is 1. The number of carbonyl (C=O) groups excluding carboxylic acids is 1. The molecule has 1 heterocycles. The van der Waals surface area contributed by atoms with Gasteiger partial charge in [-0.05, 0) is 61.9 Å². The first-order valence-electron chi connectivity index (χ1n) is 8.32. The van der Waals surface area contributed by atoms with Crippen molar-refractivity contribution in [3.05, 3.63) is 12.2 Å². The first-order chi connectivity index (χ1) is 9.78.